The van der Waals surface area contributed by atoms with Crippen LogP contribution in [-0.2, 0) is 9.53 Å². The number of ether oxygens (including phenoxy) is 1. The van der Waals surface area contributed by atoms with Gasteiger partial charge >= 0.3 is 0 Å². The quantitative estimate of drug-likeness (QED) is 0.716. The van der Waals surface area contributed by atoms with Gasteiger partial charge in [0.1, 0.15) is 0 Å². The number of nitrogens with one attached hydrogen (secondary N) is 1. The Hall–Kier alpha value is -0.650. The van der Waals surface area contributed by atoms with E-state index in [2.05, 4.69) is 24.2 Å². The lowest BCUT2D eigenvalue weighted by atomic mass is 9.92. The van der Waals surface area contributed by atoms with E-state index in [-0.39, 0.29) is 11.9 Å². The second-order valence-electron chi connectivity index (χ2n) is 5.93. The van der Waals surface area contributed by atoms with Gasteiger partial charge in [-0.15, -0.1) is 0 Å². The Balaban J connectivity index is 2.46. The lowest BCUT2D eigenvalue weighted by Gasteiger charge is -2.35. The topological polar surface area (TPSA) is 67.6 Å². The first-order valence-corrected chi connectivity index (χ1v) is 7.19. The smallest absolute Gasteiger partial charge is 0.237 e. The summed E-state index contributed by atoms with van der Waals surface area (Å²) < 4.78 is 5.75. The summed E-state index contributed by atoms with van der Waals surface area (Å²) in [6.07, 6.45) is 4.59. The van der Waals surface area contributed by atoms with Gasteiger partial charge in [-0.05, 0) is 53.6 Å². The van der Waals surface area contributed by atoms with Crippen molar-refractivity contribution in [3.05, 3.63) is 0 Å². The van der Waals surface area contributed by atoms with Gasteiger partial charge < -0.3 is 20.7 Å². The van der Waals surface area contributed by atoms with E-state index < -0.39 is 5.54 Å². The van der Waals surface area contributed by atoms with Gasteiger partial charge in [-0.2, -0.15) is 0 Å². The predicted molar refractivity (Wildman–Crippen MR) is 77.0 cm³/mol. The lowest BCUT2D eigenvalue weighted by molar-refractivity contribution is -0.124. The molecule has 19 heavy (non-hydrogen) atoms. The van der Waals surface area contributed by atoms with Crippen molar-refractivity contribution < 1.29 is 9.53 Å². The molecule has 1 aliphatic heterocycles. The zero-order valence-electron chi connectivity index (χ0n) is 12.7. The minimum absolute atomic E-state index is 0.274. The maximum absolute atomic E-state index is 11.5. The van der Waals surface area contributed by atoms with Crippen molar-refractivity contribution in [2.24, 2.45) is 5.73 Å². The molecular formula is C14H29N3O2. The van der Waals surface area contributed by atoms with E-state index in [0.717, 1.165) is 19.6 Å². The van der Waals surface area contributed by atoms with Crippen molar-refractivity contribution in [2.75, 3.05) is 27.2 Å². The molecule has 1 fully saturated rings. The molecule has 5 nitrogen and oxygen atoms in total. The third kappa shape index (κ3) is 4.75. The summed E-state index contributed by atoms with van der Waals surface area (Å²) in [5.41, 5.74) is 4.82. The Morgan fingerprint density at radius 1 is 1.58 bits per heavy atom. The summed E-state index contributed by atoms with van der Waals surface area (Å²) in [5.74, 6) is -0.302. The van der Waals surface area contributed by atoms with Crippen LogP contribution in [-0.4, -0.2) is 55.7 Å². The van der Waals surface area contributed by atoms with Crippen LogP contribution in [0.2, 0.25) is 0 Å². The third-order valence-corrected chi connectivity index (χ3v) is 4.32. The van der Waals surface area contributed by atoms with Crippen LogP contribution in [0.15, 0.2) is 0 Å². The zero-order chi connectivity index (χ0) is 14.5. The fourth-order valence-electron chi connectivity index (χ4n) is 2.53. The van der Waals surface area contributed by atoms with E-state index >= 15 is 0 Å². The molecule has 1 rings (SSSR count). The summed E-state index contributed by atoms with van der Waals surface area (Å²) in [5, 5.41) is 3.03. The Morgan fingerprint density at radius 3 is 2.74 bits per heavy atom. The van der Waals surface area contributed by atoms with Crippen molar-refractivity contribution in [2.45, 2.75) is 57.2 Å². The Kier molecular flexibility index (Phi) is 6.23. The number of nitrogens with zero attached hydrogens (tertiary/aromatic N) is 1. The maximum atomic E-state index is 11.5. The Labute approximate surface area is 116 Å². The average molecular weight is 271 g/mol. The Bertz CT molecular complexity index is 292. The summed E-state index contributed by atoms with van der Waals surface area (Å²) in [4.78, 5) is 13.8. The van der Waals surface area contributed by atoms with Gasteiger partial charge in [-0.25, -0.2) is 0 Å². The van der Waals surface area contributed by atoms with Crippen molar-refractivity contribution in [3.63, 3.8) is 0 Å². The number of carbonyl (C=O) groups excluding carboxylic acids is 1. The molecule has 112 valence electrons. The molecule has 5 heteroatoms. The summed E-state index contributed by atoms with van der Waals surface area (Å²) >= 11 is 0. The van der Waals surface area contributed by atoms with Crippen LogP contribution in [0.5, 0.6) is 0 Å². The van der Waals surface area contributed by atoms with Gasteiger partial charge in [0.2, 0.25) is 5.91 Å². The van der Waals surface area contributed by atoms with Crippen molar-refractivity contribution in [1.82, 2.24) is 10.2 Å². The minimum Gasteiger partial charge on any atom is -0.377 e. The van der Waals surface area contributed by atoms with Crippen LogP contribution in [0.3, 0.4) is 0 Å². The number of nitrogens with two attached hydrogens (primary N) is 1. The van der Waals surface area contributed by atoms with Gasteiger partial charge in [0.05, 0.1) is 11.6 Å². The van der Waals surface area contributed by atoms with E-state index in [1.54, 1.807) is 7.05 Å². The molecule has 0 saturated carbocycles. The molecule has 0 radical (unpaired) electrons. The standard InChI is InChI=1S/C14H29N3O2/c1-11(9-14(2,16-3)13(15)18)17(4)10-12-7-5-6-8-19-12/h11-12,16H,5-10H2,1-4H3,(H2,15,18). The average Bonchev–Trinajstić information content (AvgIpc) is 2.39. The van der Waals surface area contributed by atoms with Crippen molar-refractivity contribution >= 4 is 5.91 Å². The minimum atomic E-state index is -0.652. The second kappa shape index (κ2) is 7.22. The third-order valence-electron chi connectivity index (χ3n) is 4.32. The molecule has 0 aromatic heterocycles. The van der Waals surface area contributed by atoms with Crippen molar-refractivity contribution in [1.29, 1.82) is 0 Å². The van der Waals surface area contributed by atoms with Crippen LogP contribution in [0.25, 0.3) is 0 Å². The van der Waals surface area contributed by atoms with Gasteiger partial charge in [0.15, 0.2) is 0 Å². The molecule has 0 spiro atoms. The first-order chi connectivity index (χ1) is 8.89. The number of hydrogen-bond acceptors (Lipinski definition) is 4. The molecule has 3 unspecified atom stereocenters. The molecule has 1 amide bonds. The number of likely N-dealkylation sites (N-methyl/N-ethyl adjacent to an activating group) is 2. The highest BCUT2D eigenvalue weighted by Gasteiger charge is 2.32. The SMILES string of the molecule is CNC(C)(CC(C)N(C)CC1CCCCO1)C(N)=O. The number of rotatable bonds is 7. The van der Waals surface area contributed by atoms with Gasteiger partial charge in [-0.1, -0.05) is 0 Å². The molecule has 0 aromatic rings. The van der Waals surface area contributed by atoms with Crippen LogP contribution < -0.4 is 11.1 Å². The summed E-state index contributed by atoms with van der Waals surface area (Å²) in [6, 6.07) is 0.274. The number of hydrogen-bond donors (Lipinski definition) is 2. The zero-order valence-corrected chi connectivity index (χ0v) is 12.7. The molecule has 1 heterocycles. The number of amides is 1. The largest absolute Gasteiger partial charge is 0.377 e. The molecule has 1 aliphatic rings. The van der Waals surface area contributed by atoms with Crippen LogP contribution in [0.1, 0.15) is 39.5 Å². The molecule has 3 atom stereocenters. The van der Waals surface area contributed by atoms with Crippen molar-refractivity contribution in [3.8, 4) is 0 Å². The molecule has 0 bridgehead atoms. The van der Waals surface area contributed by atoms with Gasteiger partial charge in [0.25, 0.3) is 0 Å². The monoisotopic (exact) mass is 271 g/mol. The molecule has 0 aromatic carbocycles. The lowest BCUT2D eigenvalue weighted by Crippen LogP contribution is -2.55. The van der Waals surface area contributed by atoms with Gasteiger partial charge in [0, 0.05) is 19.2 Å². The van der Waals surface area contributed by atoms with E-state index in [0.29, 0.717) is 12.5 Å². The van der Waals surface area contributed by atoms with E-state index in [1.807, 2.05) is 6.92 Å². The summed E-state index contributed by atoms with van der Waals surface area (Å²) in [6.45, 7) is 5.78. The second-order valence-corrected chi connectivity index (χ2v) is 5.93. The normalized spacial score (nSPS) is 25.0. The molecular weight excluding hydrogens is 242 g/mol. The molecule has 1 saturated heterocycles. The molecule has 0 aliphatic carbocycles. The van der Waals surface area contributed by atoms with E-state index in [1.165, 1.54) is 12.8 Å². The highest BCUT2D eigenvalue weighted by molar-refractivity contribution is 5.84. The highest BCUT2D eigenvalue weighted by Crippen LogP contribution is 2.18. The maximum Gasteiger partial charge on any atom is 0.237 e. The van der Waals surface area contributed by atoms with E-state index in [9.17, 15) is 4.79 Å². The summed E-state index contributed by atoms with van der Waals surface area (Å²) in [7, 11) is 3.86. The first kappa shape index (κ1) is 16.4. The number of carbonyl (C=O) groups is 1. The van der Waals surface area contributed by atoms with Gasteiger partial charge in [-0.3, -0.25) is 4.79 Å². The van der Waals surface area contributed by atoms with Crippen LogP contribution >= 0.6 is 0 Å². The van der Waals surface area contributed by atoms with Crippen LogP contribution in [0, 0.1) is 0 Å². The fraction of sp³-hybridized carbons (Fsp3) is 0.929. The van der Waals surface area contributed by atoms with E-state index in [4.69, 9.17) is 10.5 Å². The first-order valence-electron chi connectivity index (χ1n) is 7.19. The Morgan fingerprint density at radius 2 is 2.26 bits per heavy atom. The predicted octanol–water partition coefficient (Wildman–Crippen LogP) is 0.729. The number of primary amides is 1. The highest BCUT2D eigenvalue weighted by atomic mass is 16.5. The fourth-order valence-corrected chi connectivity index (χ4v) is 2.53. The van der Waals surface area contributed by atoms with Crippen LogP contribution in [0.4, 0.5) is 0 Å². The molecule has 3 N–H and O–H groups in total.